The largest absolute Gasteiger partial charge is 0.307 e. The Balaban J connectivity index is 2.08. The van der Waals surface area contributed by atoms with E-state index < -0.39 is 4.92 Å². The van der Waals surface area contributed by atoms with Crippen molar-refractivity contribution >= 4 is 34.7 Å². The fourth-order valence-corrected chi connectivity index (χ4v) is 3.27. The summed E-state index contributed by atoms with van der Waals surface area (Å²) in [5, 5.41) is 11.0. The number of ketones is 1. The predicted molar refractivity (Wildman–Crippen MR) is 94.6 cm³/mol. The number of hydrogen-bond acceptors (Lipinski definition) is 4. The van der Waals surface area contributed by atoms with Gasteiger partial charge >= 0.3 is 0 Å². The first-order valence-electron chi connectivity index (χ1n) is 7.79. The third kappa shape index (κ3) is 3.13. The van der Waals surface area contributed by atoms with Crippen LogP contribution in [0.2, 0.25) is 5.02 Å². The molecule has 6 nitrogen and oxygen atoms in total. The minimum atomic E-state index is -0.621. The quantitative estimate of drug-likeness (QED) is 0.471. The number of hydrogen-bond donors (Lipinski definition) is 0. The number of benzene rings is 2. The maximum atomic E-state index is 13.0. The molecule has 0 spiro atoms. The van der Waals surface area contributed by atoms with E-state index in [0.717, 1.165) is 18.4 Å². The molecule has 0 saturated heterocycles. The van der Waals surface area contributed by atoms with Crippen molar-refractivity contribution < 1.29 is 14.5 Å². The molecular weight excluding hydrogens is 344 g/mol. The highest BCUT2D eigenvalue weighted by Crippen LogP contribution is 2.33. The predicted octanol–water partition coefficient (Wildman–Crippen LogP) is 4.04. The summed E-state index contributed by atoms with van der Waals surface area (Å²) in [6.07, 6.45) is 1.54. The summed E-state index contributed by atoms with van der Waals surface area (Å²) in [6.45, 7) is 1.91. The highest BCUT2D eigenvalue weighted by molar-refractivity contribution is 6.32. The van der Waals surface area contributed by atoms with Gasteiger partial charge in [-0.25, -0.2) is 0 Å². The van der Waals surface area contributed by atoms with Gasteiger partial charge in [0.15, 0.2) is 5.78 Å². The van der Waals surface area contributed by atoms with Crippen molar-refractivity contribution in [1.29, 1.82) is 0 Å². The van der Waals surface area contributed by atoms with Crippen molar-refractivity contribution in [2.75, 3.05) is 11.4 Å². The molecule has 0 N–H and O–H groups in total. The molecule has 1 aliphatic heterocycles. The second-order valence-corrected chi connectivity index (χ2v) is 6.26. The number of nitro benzene ring substituents is 1. The normalized spacial score (nSPS) is 13.3. The number of nitrogens with zero attached hydrogens (tertiary/aromatic N) is 2. The molecule has 2 aromatic rings. The first-order chi connectivity index (χ1) is 11.9. The molecule has 7 heteroatoms. The van der Waals surface area contributed by atoms with Crippen molar-refractivity contribution in [2.24, 2.45) is 0 Å². The molecule has 1 heterocycles. The molecule has 0 aromatic heterocycles. The Labute approximate surface area is 149 Å². The van der Waals surface area contributed by atoms with E-state index in [0.29, 0.717) is 17.8 Å². The van der Waals surface area contributed by atoms with Crippen LogP contribution in [0.1, 0.15) is 39.6 Å². The number of rotatable bonds is 3. The van der Waals surface area contributed by atoms with Gasteiger partial charge in [-0.05, 0) is 43.5 Å². The van der Waals surface area contributed by atoms with E-state index in [9.17, 15) is 19.7 Å². The molecule has 3 rings (SSSR count). The lowest BCUT2D eigenvalue weighted by Crippen LogP contribution is -2.36. The summed E-state index contributed by atoms with van der Waals surface area (Å²) >= 11 is 5.82. The Morgan fingerprint density at radius 2 is 2.00 bits per heavy atom. The SMILES string of the molecule is CC(=O)c1cccc2c1N(C(=O)c1ccc(Cl)c([N+](=O)[O-])c1)CCC2. The van der Waals surface area contributed by atoms with Gasteiger partial charge in [-0.2, -0.15) is 0 Å². The maximum absolute atomic E-state index is 13.0. The Morgan fingerprint density at radius 3 is 2.68 bits per heavy atom. The van der Waals surface area contributed by atoms with Crippen molar-refractivity contribution in [3.05, 3.63) is 68.2 Å². The molecular formula is C18H15ClN2O4. The first-order valence-corrected chi connectivity index (χ1v) is 8.16. The number of Topliss-reactive ketones (excluding diaryl/α,β-unsaturated/α-hetero) is 1. The van der Waals surface area contributed by atoms with Gasteiger partial charge < -0.3 is 4.90 Å². The molecule has 128 valence electrons. The van der Waals surface area contributed by atoms with Crippen LogP contribution in [0.15, 0.2) is 36.4 Å². The number of carbonyl (C=O) groups is 2. The van der Waals surface area contributed by atoms with Crippen molar-refractivity contribution in [3.8, 4) is 0 Å². The number of carbonyl (C=O) groups excluding carboxylic acids is 2. The van der Waals surface area contributed by atoms with Crippen LogP contribution in [0.5, 0.6) is 0 Å². The van der Waals surface area contributed by atoms with Crippen LogP contribution in [0.25, 0.3) is 0 Å². The number of anilines is 1. The van der Waals surface area contributed by atoms with Gasteiger partial charge in [-0.1, -0.05) is 23.7 Å². The Morgan fingerprint density at radius 1 is 1.24 bits per heavy atom. The lowest BCUT2D eigenvalue weighted by atomic mass is 9.95. The first kappa shape index (κ1) is 17.1. The average Bonchev–Trinajstić information content (AvgIpc) is 2.60. The number of amides is 1. The molecule has 0 fully saturated rings. The van der Waals surface area contributed by atoms with E-state index in [4.69, 9.17) is 11.6 Å². The van der Waals surface area contributed by atoms with Gasteiger partial charge in [0.2, 0.25) is 0 Å². The molecule has 0 bridgehead atoms. The lowest BCUT2D eigenvalue weighted by molar-refractivity contribution is -0.384. The Hall–Kier alpha value is -2.73. The van der Waals surface area contributed by atoms with Gasteiger partial charge in [0, 0.05) is 23.7 Å². The standard InChI is InChI=1S/C18H15ClN2O4/c1-11(22)14-6-2-4-12-5-3-9-20(17(12)14)18(23)13-7-8-15(19)16(10-13)21(24)25/h2,4,6-8,10H,3,5,9H2,1H3. The smallest absolute Gasteiger partial charge is 0.288 e. The zero-order chi connectivity index (χ0) is 18.1. The summed E-state index contributed by atoms with van der Waals surface area (Å²) in [5.74, 6) is -0.506. The van der Waals surface area contributed by atoms with Gasteiger partial charge in [0.05, 0.1) is 10.6 Å². The maximum Gasteiger partial charge on any atom is 0.288 e. The van der Waals surface area contributed by atoms with Crippen LogP contribution < -0.4 is 4.90 Å². The van der Waals surface area contributed by atoms with Crippen molar-refractivity contribution in [2.45, 2.75) is 19.8 Å². The zero-order valence-corrected chi connectivity index (χ0v) is 14.2. The van der Waals surface area contributed by atoms with Crippen molar-refractivity contribution in [1.82, 2.24) is 0 Å². The van der Waals surface area contributed by atoms with Gasteiger partial charge in [-0.3, -0.25) is 19.7 Å². The highest BCUT2D eigenvalue weighted by atomic mass is 35.5. The molecule has 0 atom stereocenters. The van der Waals surface area contributed by atoms with Crippen LogP contribution in [0.3, 0.4) is 0 Å². The molecule has 25 heavy (non-hydrogen) atoms. The van der Waals surface area contributed by atoms with Gasteiger partial charge in [0.25, 0.3) is 11.6 Å². The zero-order valence-electron chi connectivity index (χ0n) is 13.5. The number of fused-ring (bicyclic) bond motifs is 1. The van der Waals surface area contributed by atoms with E-state index in [1.54, 1.807) is 12.1 Å². The molecule has 0 unspecified atom stereocenters. The van der Waals surface area contributed by atoms with Crippen LogP contribution in [0.4, 0.5) is 11.4 Å². The van der Waals surface area contributed by atoms with Crippen LogP contribution >= 0.6 is 11.6 Å². The second-order valence-electron chi connectivity index (χ2n) is 5.85. The highest BCUT2D eigenvalue weighted by Gasteiger charge is 2.28. The van der Waals surface area contributed by atoms with E-state index in [2.05, 4.69) is 0 Å². The fraction of sp³-hybridized carbons (Fsp3) is 0.222. The van der Waals surface area contributed by atoms with E-state index >= 15 is 0 Å². The molecule has 0 saturated carbocycles. The molecule has 2 aromatic carbocycles. The summed E-state index contributed by atoms with van der Waals surface area (Å²) in [6, 6.07) is 9.37. The average molecular weight is 359 g/mol. The summed E-state index contributed by atoms with van der Waals surface area (Å²) in [7, 11) is 0. The Kier molecular flexibility index (Phi) is 4.55. The number of para-hydroxylation sites is 1. The molecule has 0 radical (unpaired) electrons. The minimum absolute atomic E-state index is 0.0231. The second kappa shape index (κ2) is 6.64. The Bertz CT molecular complexity index is 895. The number of halogens is 1. The van der Waals surface area contributed by atoms with Crippen LogP contribution in [-0.4, -0.2) is 23.2 Å². The third-order valence-electron chi connectivity index (χ3n) is 4.23. The summed E-state index contributed by atoms with van der Waals surface area (Å²) in [5.41, 5.74) is 1.86. The number of nitro groups is 1. The van der Waals surface area contributed by atoms with Crippen LogP contribution in [-0.2, 0) is 6.42 Å². The topological polar surface area (TPSA) is 80.5 Å². The molecule has 1 aliphatic rings. The fourth-order valence-electron chi connectivity index (χ4n) is 3.08. The summed E-state index contributed by atoms with van der Waals surface area (Å²) in [4.78, 5) is 36.9. The van der Waals surface area contributed by atoms with Crippen molar-refractivity contribution in [3.63, 3.8) is 0 Å². The molecule has 1 amide bonds. The third-order valence-corrected chi connectivity index (χ3v) is 4.55. The monoisotopic (exact) mass is 358 g/mol. The van der Waals surface area contributed by atoms with E-state index in [1.807, 2.05) is 6.07 Å². The van der Waals surface area contributed by atoms with Gasteiger partial charge in [0.1, 0.15) is 5.02 Å². The van der Waals surface area contributed by atoms with E-state index in [1.165, 1.54) is 30.0 Å². The van der Waals surface area contributed by atoms with E-state index in [-0.39, 0.29) is 28.0 Å². The lowest BCUT2D eigenvalue weighted by Gasteiger charge is -2.31. The minimum Gasteiger partial charge on any atom is -0.307 e. The van der Waals surface area contributed by atoms with Gasteiger partial charge in [-0.15, -0.1) is 0 Å². The van der Waals surface area contributed by atoms with Crippen LogP contribution in [0, 0.1) is 10.1 Å². The molecule has 0 aliphatic carbocycles. The summed E-state index contributed by atoms with van der Waals surface area (Å²) < 4.78 is 0. The number of aryl methyl sites for hydroxylation is 1.